The van der Waals surface area contributed by atoms with Crippen LogP contribution in [-0.4, -0.2) is 49.3 Å². The second kappa shape index (κ2) is 72.7. The van der Waals surface area contributed by atoms with Gasteiger partial charge in [0.15, 0.2) is 6.10 Å². The van der Waals surface area contributed by atoms with Gasteiger partial charge in [0, 0.05) is 19.4 Å². The number of nitrogens with two attached hydrogens (primary N) is 1. The molecule has 2 atom stereocenters. The summed E-state index contributed by atoms with van der Waals surface area (Å²) >= 11 is 0. The zero-order chi connectivity index (χ0) is 64.4. The van der Waals surface area contributed by atoms with Gasteiger partial charge in [-0.2, -0.15) is 0 Å². The van der Waals surface area contributed by atoms with Crippen LogP contribution < -0.4 is 5.73 Å². The molecule has 0 bridgehead atoms. The number of carbonyl (C=O) groups excluding carboxylic acids is 2. The molecule has 0 saturated heterocycles. The van der Waals surface area contributed by atoms with Crippen molar-refractivity contribution >= 4 is 19.8 Å². The Morgan fingerprint density at radius 1 is 0.348 bits per heavy atom. The van der Waals surface area contributed by atoms with Crippen LogP contribution in [0.2, 0.25) is 0 Å². The van der Waals surface area contributed by atoms with Gasteiger partial charge in [-0.1, -0.05) is 313 Å². The Balaban J connectivity index is 4.00. The van der Waals surface area contributed by atoms with Crippen molar-refractivity contribution in [2.45, 2.75) is 302 Å². The van der Waals surface area contributed by atoms with Crippen LogP contribution >= 0.6 is 7.82 Å². The molecule has 0 heterocycles. The normalized spacial score (nSPS) is 13.9. The van der Waals surface area contributed by atoms with E-state index in [1.807, 2.05) is 0 Å². The van der Waals surface area contributed by atoms with Crippen LogP contribution in [0.5, 0.6) is 0 Å². The molecule has 0 radical (unpaired) electrons. The summed E-state index contributed by atoms with van der Waals surface area (Å²) in [6.07, 6.45) is 106. The van der Waals surface area contributed by atoms with Crippen LogP contribution in [0.4, 0.5) is 0 Å². The Labute approximate surface area is 547 Å². The lowest BCUT2D eigenvalue weighted by atomic mass is 10.0. The number of unbranched alkanes of at least 4 members (excludes halogenated alkanes) is 27. The quantitative estimate of drug-likeness (QED) is 0.0264. The summed E-state index contributed by atoms with van der Waals surface area (Å²) < 4.78 is 33.1. The number of ether oxygens (including phenoxy) is 2. The lowest BCUT2D eigenvalue weighted by Gasteiger charge is -2.19. The van der Waals surface area contributed by atoms with E-state index in [4.69, 9.17) is 24.3 Å². The first-order valence-corrected chi connectivity index (χ1v) is 37.5. The monoisotopic (exact) mass is 1250 g/mol. The highest BCUT2D eigenvalue weighted by molar-refractivity contribution is 7.47. The van der Waals surface area contributed by atoms with E-state index in [0.717, 1.165) is 116 Å². The van der Waals surface area contributed by atoms with Gasteiger partial charge in [-0.25, -0.2) is 4.57 Å². The smallest absolute Gasteiger partial charge is 0.462 e. The predicted molar refractivity (Wildman–Crippen MR) is 385 cm³/mol. The molecule has 0 aromatic carbocycles. The minimum Gasteiger partial charge on any atom is -0.462 e. The van der Waals surface area contributed by atoms with Gasteiger partial charge in [0.2, 0.25) is 0 Å². The summed E-state index contributed by atoms with van der Waals surface area (Å²) in [7, 11) is -4.41. The average molecular weight is 1250 g/mol. The standard InChI is InChI=1S/C79H132NO8P/c1-3-5-7-9-11-13-15-17-19-21-23-25-27-29-31-33-35-36-37-38-39-40-42-44-46-48-50-52-54-56-58-60-62-64-66-68-70-72-79(82)88-77(76-87-89(83,84)86-74-73-80)75-85-78(81)71-69-67-65-63-61-59-57-55-53-51-49-47-45-43-41-34-32-30-28-26-24-22-20-18-16-14-12-10-8-6-4-2/h5,7,11,13,16-19,22-25,29,31,35-36,38-39,42,44,48,50,54,56,60,62,77H,3-4,6,8-10,12,14-15,20-21,26-28,30,32-34,37,40-41,43,45-47,49,51-53,55,57-59,61,63-76,80H2,1-2H3,(H,83,84)/b7-5-,13-11-,18-16-,19-17-,24-22-,25-23-,31-29-,36-35-,39-38-,44-42-,50-48-,56-54-,62-60-. The molecule has 0 aliphatic heterocycles. The number of carbonyl (C=O) groups is 2. The van der Waals surface area contributed by atoms with Crippen molar-refractivity contribution in [1.82, 2.24) is 0 Å². The highest BCUT2D eigenvalue weighted by Crippen LogP contribution is 2.43. The second-order valence-corrected chi connectivity index (χ2v) is 24.8. The number of hydrogen-bond acceptors (Lipinski definition) is 8. The number of allylic oxidation sites excluding steroid dienone is 26. The molecule has 506 valence electrons. The zero-order valence-corrected chi connectivity index (χ0v) is 57.8. The molecule has 0 aromatic heterocycles. The minimum atomic E-state index is -4.41. The van der Waals surface area contributed by atoms with E-state index < -0.39 is 32.5 Å². The zero-order valence-electron chi connectivity index (χ0n) is 56.9. The Kier molecular flexibility index (Phi) is 69.1. The van der Waals surface area contributed by atoms with Crippen molar-refractivity contribution in [1.29, 1.82) is 0 Å². The molecule has 10 heteroatoms. The maximum absolute atomic E-state index is 12.8. The van der Waals surface area contributed by atoms with Crippen molar-refractivity contribution in [3.63, 3.8) is 0 Å². The number of hydrogen-bond donors (Lipinski definition) is 2. The van der Waals surface area contributed by atoms with Crippen molar-refractivity contribution in [2.24, 2.45) is 5.73 Å². The van der Waals surface area contributed by atoms with E-state index >= 15 is 0 Å². The molecule has 3 N–H and O–H groups in total. The van der Waals surface area contributed by atoms with E-state index in [9.17, 15) is 19.0 Å². The molecule has 89 heavy (non-hydrogen) atoms. The fraction of sp³-hybridized carbons (Fsp3) is 0.646. The Hall–Kier alpha value is -4.37. The van der Waals surface area contributed by atoms with Crippen LogP contribution in [0, 0.1) is 0 Å². The van der Waals surface area contributed by atoms with Crippen LogP contribution in [0.15, 0.2) is 158 Å². The Bertz CT molecular complexity index is 2020. The van der Waals surface area contributed by atoms with E-state index in [-0.39, 0.29) is 32.6 Å². The molecule has 0 rings (SSSR count). The lowest BCUT2D eigenvalue weighted by Crippen LogP contribution is -2.29. The topological polar surface area (TPSA) is 134 Å². The molecule has 0 saturated carbocycles. The van der Waals surface area contributed by atoms with Crippen LogP contribution in [0.1, 0.15) is 296 Å². The van der Waals surface area contributed by atoms with Crippen LogP contribution in [0.25, 0.3) is 0 Å². The molecule has 2 unspecified atom stereocenters. The fourth-order valence-corrected chi connectivity index (χ4v) is 10.4. The van der Waals surface area contributed by atoms with Crippen molar-refractivity contribution in [3.05, 3.63) is 158 Å². The largest absolute Gasteiger partial charge is 0.472 e. The van der Waals surface area contributed by atoms with E-state index in [2.05, 4.69) is 172 Å². The molecular formula is C79H132NO8P. The molecule has 0 aromatic rings. The fourth-order valence-electron chi connectivity index (χ4n) is 9.61. The third-order valence-electron chi connectivity index (χ3n) is 14.9. The molecule has 9 nitrogen and oxygen atoms in total. The Morgan fingerprint density at radius 2 is 0.618 bits per heavy atom. The molecule has 0 aliphatic carbocycles. The summed E-state index contributed by atoms with van der Waals surface area (Å²) in [5.41, 5.74) is 5.40. The van der Waals surface area contributed by atoms with Crippen molar-refractivity contribution in [3.8, 4) is 0 Å². The van der Waals surface area contributed by atoms with Gasteiger partial charge in [0.25, 0.3) is 0 Å². The number of rotatable bonds is 66. The first-order valence-electron chi connectivity index (χ1n) is 36.0. The van der Waals surface area contributed by atoms with Crippen molar-refractivity contribution < 1.29 is 37.6 Å². The first-order chi connectivity index (χ1) is 43.8. The van der Waals surface area contributed by atoms with Gasteiger partial charge in [-0.05, 0) is 128 Å². The minimum absolute atomic E-state index is 0.0406. The predicted octanol–water partition coefficient (Wildman–Crippen LogP) is 24.0. The van der Waals surface area contributed by atoms with E-state index in [1.54, 1.807) is 0 Å². The van der Waals surface area contributed by atoms with Crippen LogP contribution in [-0.2, 0) is 32.7 Å². The summed E-state index contributed by atoms with van der Waals surface area (Å²) in [5, 5.41) is 0. The number of phosphoric acid groups is 1. The third-order valence-corrected chi connectivity index (χ3v) is 15.9. The van der Waals surface area contributed by atoms with Gasteiger partial charge in [0.05, 0.1) is 13.2 Å². The van der Waals surface area contributed by atoms with Gasteiger partial charge >= 0.3 is 19.8 Å². The molecule has 0 aliphatic rings. The van der Waals surface area contributed by atoms with E-state index in [1.165, 1.54) is 148 Å². The van der Waals surface area contributed by atoms with Crippen molar-refractivity contribution in [2.75, 3.05) is 26.4 Å². The summed E-state index contributed by atoms with van der Waals surface area (Å²) in [5.74, 6) is -0.868. The van der Waals surface area contributed by atoms with Gasteiger partial charge < -0.3 is 20.1 Å². The maximum Gasteiger partial charge on any atom is 0.472 e. The average Bonchev–Trinajstić information content (AvgIpc) is 3.68. The maximum atomic E-state index is 12.8. The number of esters is 2. The molecule has 0 amide bonds. The van der Waals surface area contributed by atoms with E-state index in [0.29, 0.717) is 6.42 Å². The highest BCUT2D eigenvalue weighted by atomic mass is 31.2. The first kappa shape index (κ1) is 84.6. The number of phosphoric ester groups is 1. The molecular weight excluding hydrogens is 1120 g/mol. The lowest BCUT2D eigenvalue weighted by molar-refractivity contribution is -0.161. The third kappa shape index (κ3) is 72.6. The molecule has 0 spiro atoms. The summed E-state index contributed by atoms with van der Waals surface area (Å²) in [4.78, 5) is 35.4. The molecule has 0 fully saturated rings. The van der Waals surface area contributed by atoms with Gasteiger partial charge in [0.1, 0.15) is 6.61 Å². The van der Waals surface area contributed by atoms with Crippen LogP contribution in [0.3, 0.4) is 0 Å². The SMILES string of the molecule is CC/C=C\C/C=C\C/C=C\C/C=C\C/C=C\C/C=C\C/C=C\C/C=C\C/C=C\C/C=C\C/C=C\CCCCCC(=O)OC(COC(=O)CCCCCCCCCCCCCCCCCCCCC/C=C\C/C=C\CCCCCCC)COP(=O)(O)OCCN. The summed E-state index contributed by atoms with van der Waals surface area (Å²) in [6, 6.07) is 0. The highest BCUT2D eigenvalue weighted by Gasteiger charge is 2.26. The van der Waals surface area contributed by atoms with Gasteiger partial charge in [-0.15, -0.1) is 0 Å². The second-order valence-electron chi connectivity index (χ2n) is 23.4. The summed E-state index contributed by atoms with van der Waals surface area (Å²) in [6.45, 7) is 3.59. The Morgan fingerprint density at radius 3 is 0.933 bits per heavy atom. The van der Waals surface area contributed by atoms with Gasteiger partial charge in [-0.3, -0.25) is 18.6 Å².